The Bertz CT molecular complexity index is 708. The second-order valence-electron chi connectivity index (χ2n) is 7.98. The molecule has 29 heavy (non-hydrogen) atoms. The molecule has 2 aromatic carbocycles. The van der Waals surface area contributed by atoms with E-state index in [1.165, 1.54) is 22.3 Å². The van der Waals surface area contributed by atoms with Crippen LogP contribution in [0.2, 0.25) is 0 Å². The van der Waals surface area contributed by atoms with E-state index in [9.17, 15) is 4.79 Å². The van der Waals surface area contributed by atoms with Crippen molar-refractivity contribution < 1.29 is 9.53 Å². The number of nitrogens with zero attached hydrogens (tertiary/aromatic N) is 1. The quantitative estimate of drug-likeness (QED) is 0.409. The van der Waals surface area contributed by atoms with Gasteiger partial charge in [-0.05, 0) is 48.9 Å². The van der Waals surface area contributed by atoms with Crippen LogP contribution < -0.4 is 0 Å². The van der Waals surface area contributed by atoms with Crippen LogP contribution in [0.15, 0.2) is 48.5 Å². The minimum Gasteiger partial charge on any atom is -0.464 e. The average Bonchev–Trinajstić information content (AvgIpc) is 2.72. The lowest BCUT2D eigenvalue weighted by Crippen LogP contribution is -2.29. The molecule has 0 aliphatic heterocycles. The van der Waals surface area contributed by atoms with Crippen molar-refractivity contribution in [2.75, 3.05) is 13.2 Å². The SMILES string of the molecule is CCCCC(CC)C(=O)OCCN(Cc1ccccc1C)Cc1ccccc1C. The van der Waals surface area contributed by atoms with Crippen molar-refractivity contribution in [3.63, 3.8) is 0 Å². The molecule has 3 heteroatoms. The summed E-state index contributed by atoms with van der Waals surface area (Å²) in [6.45, 7) is 11.4. The molecule has 0 heterocycles. The number of ether oxygens (including phenoxy) is 1. The molecule has 0 aliphatic rings. The van der Waals surface area contributed by atoms with E-state index in [0.717, 1.165) is 45.3 Å². The standard InChI is InChI=1S/C26H37NO2/c1-5-7-14-23(6-2)26(28)29-18-17-27(19-24-15-10-8-12-21(24)3)20-25-16-11-9-13-22(25)4/h8-13,15-16,23H,5-7,14,17-20H2,1-4H3. The Labute approximate surface area is 177 Å². The minimum atomic E-state index is -0.0346. The summed E-state index contributed by atoms with van der Waals surface area (Å²) in [6, 6.07) is 17.0. The van der Waals surface area contributed by atoms with Crippen LogP contribution in [0.1, 0.15) is 61.8 Å². The number of unbranched alkanes of at least 4 members (excludes halogenated alkanes) is 1. The summed E-state index contributed by atoms with van der Waals surface area (Å²) in [5.74, 6) is 0.00354. The lowest BCUT2D eigenvalue weighted by Gasteiger charge is -2.24. The lowest BCUT2D eigenvalue weighted by atomic mass is 10.00. The van der Waals surface area contributed by atoms with Gasteiger partial charge in [-0.3, -0.25) is 9.69 Å². The second-order valence-corrected chi connectivity index (χ2v) is 7.98. The topological polar surface area (TPSA) is 29.5 Å². The van der Waals surface area contributed by atoms with Crippen LogP contribution in [0.25, 0.3) is 0 Å². The van der Waals surface area contributed by atoms with Gasteiger partial charge in [0.25, 0.3) is 0 Å². The molecule has 0 bridgehead atoms. The lowest BCUT2D eigenvalue weighted by molar-refractivity contribution is -0.149. The van der Waals surface area contributed by atoms with E-state index in [-0.39, 0.29) is 11.9 Å². The first-order valence-corrected chi connectivity index (χ1v) is 11.0. The van der Waals surface area contributed by atoms with Gasteiger partial charge in [-0.2, -0.15) is 0 Å². The maximum Gasteiger partial charge on any atom is 0.308 e. The maximum absolute atomic E-state index is 12.4. The molecule has 1 atom stereocenters. The third-order valence-electron chi connectivity index (χ3n) is 5.69. The van der Waals surface area contributed by atoms with Crippen molar-refractivity contribution in [3.05, 3.63) is 70.8 Å². The first-order valence-electron chi connectivity index (χ1n) is 11.0. The summed E-state index contributed by atoms with van der Waals surface area (Å²) in [6.07, 6.45) is 3.99. The van der Waals surface area contributed by atoms with Gasteiger partial charge in [-0.15, -0.1) is 0 Å². The highest BCUT2D eigenvalue weighted by Crippen LogP contribution is 2.17. The van der Waals surface area contributed by atoms with Gasteiger partial charge in [0.1, 0.15) is 6.61 Å². The summed E-state index contributed by atoms with van der Waals surface area (Å²) < 4.78 is 5.68. The smallest absolute Gasteiger partial charge is 0.308 e. The molecular weight excluding hydrogens is 358 g/mol. The highest BCUT2D eigenvalue weighted by molar-refractivity contribution is 5.72. The zero-order chi connectivity index (χ0) is 21.1. The third-order valence-corrected chi connectivity index (χ3v) is 5.69. The monoisotopic (exact) mass is 395 g/mol. The third kappa shape index (κ3) is 7.66. The van der Waals surface area contributed by atoms with Crippen LogP contribution >= 0.6 is 0 Å². The molecule has 3 nitrogen and oxygen atoms in total. The van der Waals surface area contributed by atoms with Gasteiger partial charge in [0.15, 0.2) is 0 Å². The number of hydrogen-bond donors (Lipinski definition) is 0. The van der Waals surface area contributed by atoms with E-state index < -0.39 is 0 Å². The highest BCUT2D eigenvalue weighted by atomic mass is 16.5. The molecule has 0 fully saturated rings. The Morgan fingerprint density at radius 3 is 1.97 bits per heavy atom. The fourth-order valence-electron chi connectivity index (χ4n) is 3.60. The summed E-state index contributed by atoms with van der Waals surface area (Å²) in [4.78, 5) is 14.8. The molecule has 2 rings (SSSR count). The molecule has 0 aromatic heterocycles. The van der Waals surface area contributed by atoms with Crippen molar-refractivity contribution in [1.82, 2.24) is 4.90 Å². The summed E-state index contributed by atoms with van der Waals surface area (Å²) >= 11 is 0. The molecule has 1 unspecified atom stereocenters. The normalized spacial score (nSPS) is 12.2. The van der Waals surface area contributed by atoms with Crippen molar-refractivity contribution in [1.29, 1.82) is 0 Å². The number of aryl methyl sites for hydroxylation is 2. The van der Waals surface area contributed by atoms with Crippen molar-refractivity contribution in [2.24, 2.45) is 5.92 Å². The minimum absolute atomic E-state index is 0.0346. The van der Waals surface area contributed by atoms with Gasteiger partial charge < -0.3 is 4.74 Å². The second kappa shape index (κ2) is 12.4. The average molecular weight is 396 g/mol. The van der Waals surface area contributed by atoms with Crippen molar-refractivity contribution >= 4 is 5.97 Å². The number of carbonyl (C=O) groups excluding carboxylic acids is 1. The number of hydrogen-bond acceptors (Lipinski definition) is 3. The molecule has 0 saturated heterocycles. The predicted molar refractivity (Wildman–Crippen MR) is 121 cm³/mol. The zero-order valence-corrected chi connectivity index (χ0v) is 18.6. The molecule has 0 saturated carbocycles. The van der Waals surface area contributed by atoms with Gasteiger partial charge in [0.2, 0.25) is 0 Å². The van der Waals surface area contributed by atoms with Gasteiger partial charge in [-0.25, -0.2) is 0 Å². The molecule has 0 amide bonds. The molecule has 158 valence electrons. The molecule has 2 aromatic rings. The Hall–Kier alpha value is -2.13. The van der Waals surface area contributed by atoms with Gasteiger partial charge in [0, 0.05) is 19.6 Å². The largest absolute Gasteiger partial charge is 0.464 e. The fraction of sp³-hybridized carbons (Fsp3) is 0.500. The van der Waals surface area contributed by atoms with Gasteiger partial charge >= 0.3 is 5.97 Å². The fourth-order valence-corrected chi connectivity index (χ4v) is 3.60. The van der Waals surface area contributed by atoms with Crippen LogP contribution in [-0.2, 0) is 22.6 Å². The Morgan fingerprint density at radius 1 is 0.931 bits per heavy atom. The van der Waals surface area contributed by atoms with E-state index in [2.05, 4.69) is 81.1 Å². The van der Waals surface area contributed by atoms with E-state index in [1.54, 1.807) is 0 Å². The zero-order valence-electron chi connectivity index (χ0n) is 18.6. The molecule has 0 radical (unpaired) electrons. The number of benzene rings is 2. The van der Waals surface area contributed by atoms with E-state index in [4.69, 9.17) is 4.74 Å². The first-order chi connectivity index (χ1) is 14.0. The van der Waals surface area contributed by atoms with E-state index in [0.29, 0.717) is 6.61 Å². The summed E-state index contributed by atoms with van der Waals surface area (Å²) in [5.41, 5.74) is 5.23. The van der Waals surface area contributed by atoms with Gasteiger partial charge in [0.05, 0.1) is 5.92 Å². The Balaban J connectivity index is 2.00. The summed E-state index contributed by atoms with van der Waals surface area (Å²) in [5, 5.41) is 0. The Kier molecular flexibility index (Phi) is 9.93. The summed E-state index contributed by atoms with van der Waals surface area (Å²) in [7, 11) is 0. The predicted octanol–water partition coefficient (Wildman–Crippen LogP) is 6.07. The van der Waals surface area contributed by atoms with E-state index in [1.807, 2.05) is 0 Å². The molecule has 0 N–H and O–H groups in total. The van der Waals surface area contributed by atoms with Crippen molar-refractivity contribution in [2.45, 2.75) is 66.5 Å². The van der Waals surface area contributed by atoms with E-state index >= 15 is 0 Å². The van der Waals surface area contributed by atoms with Crippen LogP contribution in [-0.4, -0.2) is 24.0 Å². The van der Waals surface area contributed by atoms with Crippen LogP contribution in [0.5, 0.6) is 0 Å². The van der Waals surface area contributed by atoms with Crippen LogP contribution in [0.4, 0.5) is 0 Å². The number of esters is 1. The Morgan fingerprint density at radius 2 is 1.48 bits per heavy atom. The molecule has 0 aliphatic carbocycles. The first kappa shape index (κ1) is 23.2. The van der Waals surface area contributed by atoms with Crippen molar-refractivity contribution in [3.8, 4) is 0 Å². The van der Waals surface area contributed by atoms with Crippen LogP contribution in [0, 0.1) is 19.8 Å². The highest BCUT2D eigenvalue weighted by Gasteiger charge is 2.18. The van der Waals surface area contributed by atoms with Crippen LogP contribution in [0.3, 0.4) is 0 Å². The van der Waals surface area contributed by atoms with Gasteiger partial charge in [-0.1, -0.05) is 75.2 Å². The maximum atomic E-state index is 12.4. The molecular formula is C26H37NO2. The number of carbonyl (C=O) groups is 1. The number of rotatable bonds is 12. The molecule has 0 spiro atoms.